The van der Waals surface area contributed by atoms with Gasteiger partial charge in [-0.3, -0.25) is 0 Å². The van der Waals surface area contributed by atoms with Crippen LogP contribution in [0.5, 0.6) is 11.5 Å². The Morgan fingerprint density at radius 2 is 1.96 bits per heavy atom. The molecule has 1 aliphatic carbocycles. The molecule has 0 spiro atoms. The van der Waals surface area contributed by atoms with Gasteiger partial charge in [-0.15, -0.1) is 0 Å². The number of benzene rings is 1. The lowest BCUT2D eigenvalue weighted by Gasteiger charge is -2.38. The molecule has 0 aliphatic heterocycles. The first-order chi connectivity index (χ1) is 11.6. The predicted molar refractivity (Wildman–Crippen MR) is 96.3 cm³/mol. The Kier molecular flexibility index (Phi) is 5.78. The summed E-state index contributed by atoms with van der Waals surface area (Å²) < 4.78 is 0. The third kappa shape index (κ3) is 3.82. The molecular formula is C20H28O5. The Morgan fingerprint density at radius 3 is 2.52 bits per heavy atom. The second kappa shape index (κ2) is 7.48. The van der Waals surface area contributed by atoms with Crippen molar-refractivity contribution in [3.63, 3.8) is 0 Å². The first kappa shape index (κ1) is 19.3. The lowest BCUT2D eigenvalue weighted by Crippen LogP contribution is -2.32. The average molecular weight is 348 g/mol. The number of hydrogen-bond donors (Lipinski definition) is 4. The maximum absolute atomic E-state index is 11.4. The van der Waals surface area contributed by atoms with Crippen molar-refractivity contribution in [2.24, 2.45) is 5.92 Å². The van der Waals surface area contributed by atoms with Crippen LogP contribution in [-0.4, -0.2) is 32.5 Å². The lowest BCUT2D eigenvalue weighted by atomic mass is 9.69. The number of carboxylic acid groups (broad SMARTS) is 1. The van der Waals surface area contributed by atoms with E-state index in [9.17, 15) is 25.2 Å². The maximum Gasteiger partial charge on any atom is 0.339 e. The summed E-state index contributed by atoms with van der Waals surface area (Å²) in [5.74, 6) is -2.55. The third-order valence-corrected chi connectivity index (χ3v) is 5.22. The highest BCUT2D eigenvalue weighted by Gasteiger charge is 2.38. The van der Waals surface area contributed by atoms with Crippen molar-refractivity contribution in [2.45, 2.75) is 64.9 Å². The van der Waals surface area contributed by atoms with Crippen LogP contribution < -0.4 is 0 Å². The predicted octanol–water partition coefficient (Wildman–Crippen LogP) is 4.13. The van der Waals surface area contributed by atoms with E-state index in [2.05, 4.69) is 6.08 Å². The Balaban J connectivity index is 2.49. The number of aliphatic hydroxyl groups excluding tert-OH is 1. The van der Waals surface area contributed by atoms with Crippen LogP contribution in [0, 0.1) is 5.92 Å². The molecule has 0 amide bonds. The highest BCUT2D eigenvalue weighted by atomic mass is 16.4. The van der Waals surface area contributed by atoms with Crippen LogP contribution in [0.3, 0.4) is 0 Å². The molecule has 0 saturated carbocycles. The molecule has 0 heterocycles. The van der Waals surface area contributed by atoms with E-state index >= 15 is 0 Å². The molecule has 4 N–H and O–H groups in total. The summed E-state index contributed by atoms with van der Waals surface area (Å²) in [6.07, 6.45) is 3.75. The number of hydrogen-bond acceptors (Lipinski definition) is 4. The molecule has 0 radical (unpaired) electrons. The van der Waals surface area contributed by atoms with E-state index in [1.165, 1.54) is 11.6 Å². The number of phenolic OH excluding ortho intramolecular Hbond substituents is 1. The Labute approximate surface area is 148 Å². The fourth-order valence-electron chi connectivity index (χ4n) is 3.98. The number of aromatic hydroxyl groups is 2. The van der Waals surface area contributed by atoms with E-state index in [4.69, 9.17) is 0 Å². The van der Waals surface area contributed by atoms with Crippen molar-refractivity contribution in [3.05, 3.63) is 34.4 Å². The molecule has 1 aliphatic rings. The number of carbonyl (C=O) groups is 1. The summed E-state index contributed by atoms with van der Waals surface area (Å²) in [5, 5.41) is 40.4. The van der Waals surface area contributed by atoms with Crippen LogP contribution >= 0.6 is 0 Å². The van der Waals surface area contributed by atoms with Gasteiger partial charge in [-0.05, 0) is 56.6 Å². The topological polar surface area (TPSA) is 98.0 Å². The highest BCUT2D eigenvalue weighted by Crippen LogP contribution is 2.50. The van der Waals surface area contributed by atoms with Gasteiger partial charge < -0.3 is 20.4 Å². The van der Waals surface area contributed by atoms with Gasteiger partial charge in [0, 0.05) is 11.5 Å². The van der Waals surface area contributed by atoms with Gasteiger partial charge in [0.2, 0.25) is 0 Å². The molecule has 5 nitrogen and oxygen atoms in total. The van der Waals surface area contributed by atoms with Crippen molar-refractivity contribution in [1.29, 1.82) is 0 Å². The molecule has 1 aromatic rings. The SMILES string of the molecule is CC(C)=CCC[C@H](C)[C@H]1c2cc(C(=O)O)c(O)c(O)c2[C@H](C)C[C@H]1O. The van der Waals surface area contributed by atoms with Gasteiger partial charge in [-0.25, -0.2) is 4.79 Å². The van der Waals surface area contributed by atoms with Gasteiger partial charge in [-0.1, -0.05) is 25.5 Å². The molecule has 0 fully saturated rings. The molecule has 2 rings (SSSR count). The molecule has 0 bridgehead atoms. The van der Waals surface area contributed by atoms with Crippen molar-refractivity contribution in [1.82, 2.24) is 0 Å². The van der Waals surface area contributed by atoms with Gasteiger partial charge in [0.15, 0.2) is 11.5 Å². The fraction of sp³-hybridized carbons (Fsp3) is 0.550. The minimum Gasteiger partial charge on any atom is -0.504 e. The van der Waals surface area contributed by atoms with Crippen LogP contribution in [-0.2, 0) is 0 Å². The quantitative estimate of drug-likeness (QED) is 0.474. The van der Waals surface area contributed by atoms with Crippen molar-refractivity contribution in [3.8, 4) is 11.5 Å². The minimum absolute atomic E-state index is 0.113. The number of rotatable bonds is 5. The number of aliphatic hydroxyl groups is 1. The zero-order valence-electron chi connectivity index (χ0n) is 15.3. The van der Waals surface area contributed by atoms with E-state index < -0.39 is 17.8 Å². The first-order valence-electron chi connectivity index (χ1n) is 8.78. The molecule has 0 aromatic heterocycles. The van der Waals surface area contributed by atoms with Crippen LogP contribution in [0.4, 0.5) is 0 Å². The van der Waals surface area contributed by atoms with Crippen molar-refractivity contribution < 1.29 is 25.2 Å². The molecule has 5 heteroatoms. The monoisotopic (exact) mass is 348 g/mol. The van der Waals surface area contributed by atoms with Crippen LogP contribution in [0.2, 0.25) is 0 Å². The highest BCUT2D eigenvalue weighted by molar-refractivity contribution is 5.92. The van der Waals surface area contributed by atoms with Gasteiger partial charge in [-0.2, -0.15) is 0 Å². The second-order valence-corrected chi connectivity index (χ2v) is 7.50. The van der Waals surface area contributed by atoms with E-state index in [1.807, 2.05) is 27.7 Å². The second-order valence-electron chi connectivity index (χ2n) is 7.50. The fourth-order valence-corrected chi connectivity index (χ4v) is 3.98. The van der Waals surface area contributed by atoms with Crippen LogP contribution in [0.1, 0.15) is 80.3 Å². The van der Waals surface area contributed by atoms with Crippen molar-refractivity contribution in [2.75, 3.05) is 0 Å². The Morgan fingerprint density at radius 1 is 1.32 bits per heavy atom. The van der Waals surface area contributed by atoms with Gasteiger partial charge in [0.25, 0.3) is 0 Å². The average Bonchev–Trinajstić information content (AvgIpc) is 2.49. The summed E-state index contributed by atoms with van der Waals surface area (Å²) >= 11 is 0. The summed E-state index contributed by atoms with van der Waals surface area (Å²) in [7, 11) is 0. The standard InChI is InChI=1S/C20H28O5/c1-10(2)6-5-7-11(3)16-13-9-14(20(24)25)18(22)19(23)17(13)12(4)8-15(16)21/h6,9,11-12,15-16,21-23H,5,7-8H2,1-4H3,(H,24,25)/t11-,12+,15+,16-/m0/s1. The Hall–Kier alpha value is -2.01. The van der Waals surface area contributed by atoms with E-state index in [0.717, 1.165) is 12.8 Å². The van der Waals surface area contributed by atoms with Crippen LogP contribution in [0.15, 0.2) is 17.7 Å². The van der Waals surface area contributed by atoms with Gasteiger partial charge in [0.05, 0.1) is 6.10 Å². The molecule has 138 valence electrons. The van der Waals surface area contributed by atoms with E-state index in [0.29, 0.717) is 17.5 Å². The summed E-state index contributed by atoms with van der Waals surface area (Å²) in [6, 6.07) is 1.42. The minimum atomic E-state index is -1.29. The zero-order chi connectivity index (χ0) is 18.9. The zero-order valence-corrected chi connectivity index (χ0v) is 15.3. The number of fused-ring (bicyclic) bond motifs is 1. The molecule has 25 heavy (non-hydrogen) atoms. The number of aromatic carboxylic acids is 1. The van der Waals surface area contributed by atoms with Gasteiger partial charge in [0.1, 0.15) is 5.56 Å². The number of allylic oxidation sites excluding steroid dienone is 2. The third-order valence-electron chi connectivity index (χ3n) is 5.22. The molecule has 0 unspecified atom stereocenters. The summed E-state index contributed by atoms with van der Waals surface area (Å²) in [5.41, 5.74) is 2.12. The molecule has 1 aromatic carbocycles. The van der Waals surface area contributed by atoms with E-state index in [1.54, 1.807) is 0 Å². The maximum atomic E-state index is 11.4. The summed E-state index contributed by atoms with van der Waals surface area (Å²) in [4.78, 5) is 11.4. The smallest absolute Gasteiger partial charge is 0.339 e. The largest absolute Gasteiger partial charge is 0.504 e. The number of carboxylic acids is 1. The lowest BCUT2D eigenvalue weighted by molar-refractivity contribution is 0.0688. The Bertz CT molecular complexity index is 688. The molecular weight excluding hydrogens is 320 g/mol. The van der Waals surface area contributed by atoms with Gasteiger partial charge >= 0.3 is 5.97 Å². The van der Waals surface area contributed by atoms with E-state index in [-0.39, 0.29) is 29.1 Å². The number of phenols is 2. The molecule has 4 atom stereocenters. The summed E-state index contributed by atoms with van der Waals surface area (Å²) in [6.45, 7) is 7.98. The molecule has 0 saturated heterocycles. The first-order valence-corrected chi connectivity index (χ1v) is 8.78. The van der Waals surface area contributed by atoms with Crippen LogP contribution in [0.25, 0.3) is 0 Å². The van der Waals surface area contributed by atoms with Crippen molar-refractivity contribution >= 4 is 5.97 Å². The normalized spacial score (nSPS) is 23.6.